The Labute approximate surface area is 539 Å². The number of rotatable bonds is 9. The summed E-state index contributed by atoms with van der Waals surface area (Å²) in [4.78, 5) is 63.2. The highest BCUT2D eigenvalue weighted by atomic mass is 16.6. The molecule has 26 heteroatoms. The highest BCUT2D eigenvalue weighted by Gasteiger charge is 2.47. The van der Waals surface area contributed by atoms with E-state index in [0.717, 1.165) is 64.4 Å². The summed E-state index contributed by atoms with van der Waals surface area (Å²) >= 11 is 0. The van der Waals surface area contributed by atoms with Crippen LogP contribution in [-0.4, -0.2) is 157 Å². The molecule has 0 spiro atoms. The molecular formula is C67H86N14O12+2. The molecule has 2 aliphatic heterocycles. The quantitative estimate of drug-likeness (QED) is 0.0781. The van der Waals surface area contributed by atoms with Gasteiger partial charge in [0.1, 0.15) is 49.2 Å². The number of fused-ring (bicyclic) bond motifs is 8. The Morgan fingerprint density at radius 3 is 1.52 bits per heavy atom. The summed E-state index contributed by atoms with van der Waals surface area (Å²) in [6, 6.07) is 26.5. The second kappa shape index (κ2) is 31.2. The number of ether oxygens (including phenoxy) is 6. The summed E-state index contributed by atoms with van der Waals surface area (Å²) in [6.07, 6.45) is 11.9. The standard InChI is InChI=1S/C14H20N4O5.C14H15N.2C13H14N2.C12H17N5O5.CH2O.H2O/c1-15-9-4-7-10(13(20)17-9)16-6-18(7)14-11(19)12(22-3)8(23-14)5-21-2;1-10-11-6-2-4-8-13(11)15-14-9-5-3-7-12(10)14;2*14-13-9-5-1-3-7-11(9)15-12-8-4-2-6-10(12)13;1-20-3-5-8(21-2)7(18)11(22-5)17-4-14-6-9(17)15-12(13)16-10(6)19;1-2;/h4,6,8,11-12,14,19H,5H2,1-3H3,(H2,15,17,20);2,4,6,8H,3,5,7,9H2,1H3;2*1,3,5,7H,2,4,6,8H2,(H2,14,15);4-5,7-8,11,18H,3H2,1-2H3,(H3,13,15,16,19);1H2;1H2/p+2. The number of nitrogens with two attached hydrogens (primary N) is 3. The lowest BCUT2D eigenvalue weighted by Crippen LogP contribution is -2.35. The molecule has 0 bridgehead atoms. The number of carbonyl (C=O) groups is 1. The van der Waals surface area contributed by atoms with Crippen LogP contribution in [0, 0.1) is 6.92 Å². The summed E-state index contributed by atoms with van der Waals surface area (Å²) in [5.41, 5.74) is 32.9. The number of nitrogens with zero attached hydrogens (tertiary/aromatic N) is 8. The highest BCUT2D eigenvalue weighted by Crippen LogP contribution is 2.37. The first-order chi connectivity index (χ1) is 44.7. The molecule has 3 aliphatic carbocycles. The Morgan fingerprint density at radius 2 is 1.02 bits per heavy atom. The minimum absolute atomic E-state index is 0. The molecule has 93 heavy (non-hydrogen) atoms. The number of H-pyrrole nitrogens is 2. The zero-order valence-electron chi connectivity index (χ0n) is 55.3. The number of nitrogens with one attached hydrogen (secondary N) is 3. The molecule has 13 N–H and O–H groups in total. The van der Waals surface area contributed by atoms with Crippen LogP contribution >= 0.6 is 0 Å². The molecule has 5 aliphatic rings. The van der Waals surface area contributed by atoms with E-state index in [1.165, 1.54) is 135 Å². The fourth-order valence-corrected chi connectivity index (χ4v) is 13.0. The van der Waals surface area contributed by atoms with Crippen molar-refractivity contribution in [1.82, 2.24) is 49.0 Å². The van der Waals surface area contributed by atoms with Crippen molar-refractivity contribution in [2.75, 3.05) is 71.2 Å². The van der Waals surface area contributed by atoms with Crippen molar-refractivity contribution in [2.24, 2.45) is 0 Å². The van der Waals surface area contributed by atoms with Crippen molar-refractivity contribution in [1.29, 1.82) is 0 Å². The van der Waals surface area contributed by atoms with Gasteiger partial charge in [0.2, 0.25) is 5.95 Å². The van der Waals surface area contributed by atoms with Gasteiger partial charge in [-0.2, -0.15) is 4.98 Å². The van der Waals surface area contributed by atoms with Crippen molar-refractivity contribution in [3.05, 3.63) is 152 Å². The first kappa shape index (κ1) is 68.5. The lowest BCUT2D eigenvalue weighted by atomic mass is 9.90. The maximum Gasteiger partial charge on any atom is 1.00 e. The third kappa shape index (κ3) is 14.4. The van der Waals surface area contributed by atoms with E-state index >= 15 is 0 Å². The number of aryl methyl sites for hydroxylation is 4. The Kier molecular flexibility index (Phi) is 23.0. The van der Waals surface area contributed by atoms with Crippen LogP contribution in [0.1, 0.15) is 93.2 Å². The first-order valence-electron chi connectivity index (χ1n) is 30.9. The van der Waals surface area contributed by atoms with Crippen LogP contribution in [0.2, 0.25) is 0 Å². The molecule has 26 nitrogen and oxygen atoms in total. The third-order valence-electron chi connectivity index (χ3n) is 17.6. The van der Waals surface area contributed by atoms with Crippen molar-refractivity contribution in [3.8, 4) is 0 Å². The fourth-order valence-electron chi connectivity index (χ4n) is 13.0. The molecule has 0 radical (unpaired) electrons. The lowest BCUT2D eigenvalue weighted by Gasteiger charge is -2.18. The number of nitrogen functional groups attached to an aromatic ring is 3. The van der Waals surface area contributed by atoms with E-state index in [2.05, 4.69) is 73.6 Å². The molecule has 7 aromatic heterocycles. The highest BCUT2D eigenvalue weighted by molar-refractivity contribution is 5.93. The number of benzene rings is 3. The third-order valence-corrected chi connectivity index (χ3v) is 17.6. The number of para-hydroxylation sites is 3. The SMILES string of the molecule is C=O.CNc1cc2c(ncn2C2OC(COC)C(OC)C2O)c(=O)[nH]1.COCC1OC(n2cnc3c(=O)[nH]c(N)nc32)C(O)C1OC.Cc1c2c(nc3ccccc13)CCCC2.Nc1c2c(nc3ccccc13)CCCC2.Nc1c2c(nc3ccccc13)CCCC2.O.[H+].[H+]. The molecule has 2 saturated heterocycles. The van der Waals surface area contributed by atoms with Crippen LogP contribution in [-0.2, 0) is 71.7 Å². The van der Waals surface area contributed by atoms with Crippen molar-refractivity contribution >= 4 is 84.8 Å². The van der Waals surface area contributed by atoms with Crippen LogP contribution in [0.5, 0.6) is 0 Å². The number of pyridine rings is 4. The predicted octanol–water partition coefficient (Wildman–Crippen LogP) is 6.34. The molecule has 10 aromatic rings. The van der Waals surface area contributed by atoms with E-state index in [9.17, 15) is 19.8 Å². The van der Waals surface area contributed by atoms with Crippen LogP contribution in [0.25, 0.3) is 54.9 Å². The van der Waals surface area contributed by atoms with Crippen molar-refractivity contribution in [3.63, 3.8) is 0 Å². The molecular weight excluding hydrogens is 1190 g/mol. The summed E-state index contributed by atoms with van der Waals surface area (Å²) in [5.74, 6) is 0.511. The summed E-state index contributed by atoms with van der Waals surface area (Å²) in [6.45, 7) is 4.80. The number of carbonyl (C=O) groups excluding carboxylic acids is 1. The molecule has 494 valence electrons. The Hall–Kier alpha value is -8.83. The van der Waals surface area contributed by atoms with Gasteiger partial charge in [0.15, 0.2) is 29.1 Å². The van der Waals surface area contributed by atoms with Gasteiger partial charge in [-0.25, -0.2) is 9.97 Å². The minimum Gasteiger partial charge on any atom is -0.412 e. The molecule has 9 heterocycles. The van der Waals surface area contributed by atoms with Gasteiger partial charge in [-0.05, 0) is 124 Å². The minimum atomic E-state index is -0.968. The zero-order chi connectivity index (χ0) is 65.2. The summed E-state index contributed by atoms with van der Waals surface area (Å²) in [7, 11) is 7.78. The average molecular weight is 1280 g/mol. The van der Waals surface area contributed by atoms with Gasteiger partial charge in [0.25, 0.3) is 11.1 Å². The molecule has 8 unspecified atom stereocenters. The van der Waals surface area contributed by atoms with Crippen LogP contribution in [0.3, 0.4) is 0 Å². The van der Waals surface area contributed by atoms with E-state index in [1.54, 1.807) is 24.8 Å². The average Bonchev–Trinajstić information content (AvgIpc) is 1.71. The Balaban J connectivity index is 0.000000167. The number of methoxy groups -OCH3 is 4. The Bertz CT molecular complexity index is 4090. The zero-order valence-corrected chi connectivity index (χ0v) is 53.3. The number of aromatic amines is 2. The van der Waals surface area contributed by atoms with E-state index < -0.39 is 54.6 Å². The van der Waals surface area contributed by atoms with Crippen molar-refractivity contribution in [2.45, 2.75) is 133 Å². The maximum atomic E-state index is 12.0. The van der Waals surface area contributed by atoms with E-state index in [-0.39, 0.29) is 43.1 Å². The number of hydrogen-bond donors (Lipinski definition) is 8. The Morgan fingerprint density at radius 1 is 0.602 bits per heavy atom. The van der Waals surface area contributed by atoms with E-state index in [0.29, 0.717) is 17.9 Å². The number of hydrogen-bond acceptors (Lipinski definition) is 21. The number of anilines is 4. The second-order valence-electron chi connectivity index (χ2n) is 23.1. The van der Waals surface area contributed by atoms with Crippen LogP contribution < -0.4 is 33.6 Å². The number of aromatic nitrogens is 10. The van der Waals surface area contributed by atoms with Crippen LogP contribution in [0.4, 0.5) is 23.1 Å². The largest absolute Gasteiger partial charge is 1.00 e. The van der Waals surface area contributed by atoms with Gasteiger partial charge in [-0.3, -0.25) is 34.1 Å². The molecule has 2 fully saturated rings. The van der Waals surface area contributed by atoms with Gasteiger partial charge >= 0.3 is 2.85 Å². The molecule has 3 aromatic carbocycles. The van der Waals surface area contributed by atoms with Gasteiger partial charge in [-0.15, -0.1) is 0 Å². The lowest BCUT2D eigenvalue weighted by molar-refractivity contribution is -0.0980. The molecule has 15 rings (SSSR count). The van der Waals surface area contributed by atoms with E-state index in [1.807, 2.05) is 43.2 Å². The first-order valence-corrected chi connectivity index (χ1v) is 30.9. The molecule has 0 saturated carbocycles. The smallest absolute Gasteiger partial charge is 0.412 e. The van der Waals surface area contributed by atoms with Gasteiger partial charge < -0.3 is 81.0 Å². The number of imidazole rings is 2. The molecule has 8 atom stereocenters. The van der Waals surface area contributed by atoms with Crippen LogP contribution in [0.15, 0.2) is 101 Å². The van der Waals surface area contributed by atoms with Gasteiger partial charge in [-0.1, -0.05) is 54.6 Å². The monoisotopic (exact) mass is 1280 g/mol. The molecule has 0 amide bonds. The summed E-state index contributed by atoms with van der Waals surface area (Å²) in [5, 5.41) is 27.4. The predicted molar refractivity (Wildman–Crippen MR) is 359 cm³/mol. The second-order valence-corrected chi connectivity index (χ2v) is 23.1. The number of aliphatic hydroxyl groups is 2. The fraction of sp³-hybridized carbons (Fsp3) is 0.418. The van der Waals surface area contributed by atoms with Gasteiger partial charge in [0, 0.05) is 86.2 Å². The topological polar surface area (TPSA) is 387 Å². The van der Waals surface area contributed by atoms with E-state index in [4.69, 9.17) is 65.4 Å². The van der Waals surface area contributed by atoms with Crippen molar-refractivity contribution < 1.29 is 51.8 Å². The number of aliphatic hydroxyl groups excluding tert-OH is 2. The summed E-state index contributed by atoms with van der Waals surface area (Å²) < 4.78 is 35.5. The normalized spacial score (nSPS) is 21.0. The van der Waals surface area contributed by atoms with Gasteiger partial charge in [0.05, 0.1) is 47.9 Å². The maximum absolute atomic E-state index is 12.0.